The van der Waals surface area contributed by atoms with Gasteiger partial charge in [-0.25, -0.2) is 52.3 Å². The molecule has 0 aromatic heterocycles. The first kappa shape index (κ1) is 55.8. The van der Waals surface area contributed by atoms with Crippen LogP contribution in [0.5, 0.6) is 0 Å². The number of ketones is 2. The summed E-state index contributed by atoms with van der Waals surface area (Å²) in [5, 5.41) is 0. The van der Waals surface area contributed by atoms with E-state index in [4.69, 9.17) is 12.6 Å². The summed E-state index contributed by atoms with van der Waals surface area (Å²) >= 11 is 0. The van der Waals surface area contributed by atoms with E-state index >= 15 is 0 Å². The summed E-state index contributed by atoms with van der Waals surface area (Å²) in [5.74, 6) is -3.14. The second-order valence-electron chi connectivity index (χ2n) is 8.03. The topological polar surface area (TPSA) is 143 Å². The van der Waals surface area contributed by atoms with Crippen LogP contribution < -0.4 is 59.1 Å². The van der Waals surface area contributed by atoms with Crippen molar-refractivity contribution in [3.8, 4) is 0 Å². The Morgan fingerprint density at radius 1 is 0.615 bits per heavy atom. The minimum atomic E-state index is -5.02. The maximum Gasteiger partial charge on any atom is 1.00 e. The van der Waals surface area contributed by atoms with Crippen molar-refractivity contribution in [3.63, 3.8) is 0 Å². The van der Waals surface area contributed by atoms with Crippen molar-refractivity contribution < 1.29 is 138 Å². The summed E-state index contributed by atoms with van der Waals surface area (Å²) in [4.78, 5) is 22.8. The van der Waals surface area contributed by atoms with Crippen LogP contribution in [0, 0.1) is 23.5 Å². The van der Waals surface area contributed by atoms with Gasteiger partial charge in [-0.1, -0.05) is 29.8 Å². The number of alkyl halides is 7. The van der Waals surface area contributed by atoms with Crippen molar-refractivity contribution in [3.05, 3.63) is 136 Å². The molecule has 4 rings (SSSR count). The maximum absolute atomic E-state index is 13.2. The molecule has 0 radical (unpaired) electrons. The zero-order valence-corrected chi connectivity index (χ0v) is 32.4. The Balaban J connectivity index is -0.000000325. The molecule has 0 amide bonds. The van der Waals surface area contributed by atoms with Crippen molar-refractivity contribution in [1.82, 2.24) is 0 Å². The van der Waals surface area contributed by atoms with Crippen LogP contribution in [0.2, 0.25) is 0 Å². The van der Waals surface area contributed by atoms with Crippen molar-refractivity contribution in [1.29, 1.82) is 0 Å². The van der Waals surface area contributed by atoms with Gasteiger partial charge in [0, 0.05) is 22.5 Å². The minimum Gasteiger partial charge on any atom is -0.744 e. The van der Waals surface area contributed by atoms with Gasteiger partial charge in [0.2, 0.25) is 20.8 Å². The van der Waals surface area contributed by atoms with Crippen molar-refractivity contribution in [2.24, 2.45) is 0 Å². The zero-order chi connectivity index (χ0) is 38.9. The largest absolute Gasteiger partial charge is 1.00 e. The van der Waals surface area contributed by atoms with Crippen LogP contribution in [-0.2, 0) is 27.4 Å². The molecule has 4 aromatic rings. The van der Waals surface area contributed by atoms with Gasteiger partial charge in [0.15, 0.2) is 5.78 Å². The molecular weight excluding hydrogens is 788 g/mol. The summed E-state index contributed by atoms with van der Waals surface area (Å²) < 4.78 is 167. The zero-order valence-electron chi connectivity index (χ0n) is 26.8. The Morgan fingerprint density at radius 3 is 1.35 bits per heavy atom. The monoisotopic (exact) mass is 810 g/mol. The van der Waals surface area contributed by atoms with E-state index in [1.165, 1.54) is 30.3 Å². The Bertz CT molecular complexity index is 1810. The summed E-state index contributed by atoms with van der Waals surface area (Å²) in [6.45, 7) is -5.81. The molecule has 274 valence electrons. The third-order valence-corrected chi connectivity index (χ3v) is 5.83. The second kappa shape index (κ2) is 31.6. The fourth-order valence-electron chi connectivity index (χ4n) is 3.06. The number of hydrogen-bond acceptors (Lipinski definition) is 8. The molecule has 22 heteroatoms. The Hall–Kier alpha value is -2.95. The van der Waals surface area contributed by atoms with Gasteiger partial charge < -0.3 is 9.35 Å². The summed E-state index contributed by atoms with van der Waals surface area (Å²) in [6.07, 6.45) is 0. The van der Waals surface area contributed by atoms with Crippen molar-refractivity contribution in [2.75, 3.05) is 20.8 Å². The second-order valence-corrected chi connectivity index (χ2v) is 9.78. The number of hydrogen-bond donors (Lipinski definition) is 0. The first-order valence-corrected chi connectivity index (χ1v) is 14.9. The molecule has 0 aliphatic rings. The Morgan fingerprint density at radius 2 is 0.981 bits per heavy atom. The van der Waals surface area contributed by atoms with Gasteiger partial charge in [0.05, 0.1) is 4.90 Å². The molecule has 0 aliphatic heterocycles. The van der Waals surface area contributed by atoms with Crippen LogP contribution in [0.4, 0.5) is 43.9 Å². The minimum absolute atomic E-state index is 0. The maximum atomic E-state index is 13.2. The quantitative estimate of drug-likeness (QED) is 0.0927. The van der Waals surface area contributed by atoms with Gasteiger partial charge in [-0.05, 0) is 48.0 Å². The third-order valence-electron chi connectivity index (χ3n) is 4.98. The standard InChI is InChI=1S/C14H9F2O.C13H8F2O4S.3CH2F2.2Na.O3S/c15-9-10-1-3-11(4-2-10)14(17)12-5-7-13(16)8-6-12;14-10-4-1-8(2-5-10)13(16)9-3-6-11(15)12(7-9)20(17,18)19;3*2-1-3;;;1-4(2)3/h1-7H,9H2;1-7H,(H,17,18,19);3*1H2;;;/q-1;;;;;2*+1;/p-1. The van der Waals surface area contributed by atoms with E-state index in [9.17, 15) is 66.5 Å². The van der Waals surface area contributed by atoms with Gasteiger partial charge >= 0.3 is 69.7 Å². The number of benzene rings is 4. The van der Waals surface area contributed by atoms with Crippen LogP contribution in [0.25, 0.3) is 0 Å². The van der Waals surface area contributed by atoms with E-state index in [1.54, 1.807) is 24.3 Å². The predicted octanol–water partition coefficient (Wildman–Crippen LogP) is 1.08. The average Bonchev–Trinajstić information content (AvgIpc) is 3.06. The first-order chi connectivity index (χ1) is 23.5. The molecule has 0 spiro atoms. The van der Waals surface area contributed by atoms with Crippen LogP contribution in [0.3, 0.4) is 0 Å². The molecular formula is C30H22F10Na2O8S2. The van der Waals surface area contributed by atoms with Crippen LogP contribution in [0.1, 0.15) is 37.4 Å². The van der Waals surface area contributed by atoms with Crippen molar-refractivity contribution >= 4 is 32.3 Å². The van der Waals surface area contributed by atoms with Crippen LogP contribution in [-0.4, -0.2) is 57.9 Å². The van der Waals surface area contributed by atoms with Gasteiger partial charge in [-0.15, -0.1) is 24.8 Å². The molecule has 0 N–H and O–H groups in total. The normalized spacial score (nSPS) is 9.21. The molecule has 0 saturated carbocycles. The number of carbonyl (C=O) groups is 2. The predicted molar refractivity (Wildman–Crippen MR) is 155 cm³/mol. The van der Waals surface area contributed by atoms with Gasteiger partial charge in [0.25, 0.3) is 0 Å². The Labute approximate surface area is 336 Å². The van der Waals surface area contributed by atoms with E-state index in [1.807, 2.05) is 0 Å². The summed E-state index contributed by atoms with van der Waals surface area (Å²) in [6, 6.07) is 19.4. The molecule has 0 aliphatic carbocycles. The van der Waals surface area contributed by atoms with Gasteiger partial charge in [0.1, 0.15) is 34.2 Å². The van der Waals surface area contributed by atoms with Crippen molar-refractivity contribution in [2.45, 2.75) is 11.6 Å². The smallest absolute Gasteiger partial charge is 0.744 e. The number of carbonyl (C=O) groups excluding carboxylic acids is 2. The molecule has 0 unspecified atom stereocenters. The fourth-order valence-corrected chi connectivity index (χ4v) is 3.64. The number of rotatable bonds is 6. The summed E-state index contributed by atoms with van der Waals surface area (Å²) in [5.41, 5.74) is 1.24. The van der Waals surface area contributed by atoms with Crippen LogP contribution in [0.15, 0.2) is 89.8 Å². The van der Waals surface area contributed by atoms with Gasteiger partial charge in [-0.2, -0.15) is 12.1 Å². The molecule has 0 fully saturated rings. The summed E-state index contributed by atoms with van der Waals surface area (Å²) in [7, 11) is -8.13. The molecule has 0 atom stereocenters. The average molecular weight is 811 g/mol. The molecule has 4 aromatic carbocycles. The fraction of sp³-hybridized carbons (Fsp3) is 0.133. The Kier molecular flexibility index (Phi) is 33.9. The first-order valence-electron chi connectivity index (χ1n) is 12.5. The number of halogens is 10. The molecule has 0 heterocycles. The third kappa shape index (κ3) is 24.3. The SMILES string of the molecule is FCF.FCF.FCF.O=C(c1c[c-]c(F)cc1)c1ccc(CF)cc1.O=C(c1ccc(F)cc1)c1ccc(F)c(S(=O)(=O)[O-])c1.O=S(=O)=O.[Na+].[Na+]. The van der Waals surface area contributed by atoms with E-state index in [0.717, 1.165) is 24.3 Å². The molecule has 8 nitrogen and oxygen atoms in total. The molecule has 52 heavy (non-hydrogen) atoms. The van der Waals surface area contributed by atoms with E-state index < -0.39 is 76.3 Å². The van der Waals surface area contributed by atoms with Gasteiger partial charge in [-0.3, -0.25) is 4.79 Å². The van der Waals surface area contributed by atoms with E-state index in [-0.39, 0.29) is 76.0 Å². The van der Waals surface area contributed by atoms with E-state index in [2.05, 4.69) is 6.07 Å². The molecule has 0 saturated heterocycles. The van der Waals surface area contributed by atoms with Crippen LogP contribution >= 0.6 is 0 Å². The molecule has 0 bridgehead atoms. The van der Waals surface area contributed by atoms with E-state index in [0.29, 0.717) is 22.8 Å².